The summed E-state index contributed by atoms with van der Waals surface area (Å²) in [6, 6.07) is 0. The Kier molecular flexibility index (Phi) is 1.31. The molecule has 0 aromatic rings. The molecule has 3 unspecified atom stereocenters. The van der Waals surface area contributed by atoms with Gasteiger partial charge in [0.15, 0.2) is 0 Å². The molecule has 0 spiro atoms. The smallest absolute Gasteiger partial charge is 0.0518 e. The molecule has 2 rings (SSSR count). The molecule has 10 heavy (non-hydrogen) atoms. The van der Waals surface area contributed by atoms with Crippen molar-refractivity contribution < 1.29 is 4.74 Å². The van der Waals surface area contributed by atoms with Crippen LogP contribution in [0.3, 0.4) is 0 Å². The van der Waals surface area contributed by atoms with E-state index < -0.39 is 0 Å². The normalized spacial score (nSPS) is 51.0. The minimum absolute atomic E-state index is 0.419. The number of rotatable bonds is 2. The Morgan fingerprint density at radius 1 is 1.70 bits per heavy atom. The largest absolute Gasteiger partial charge is 0.384 e. The summed E-state index contributed by atoms with van der Waals surface area (Å²) in [5, 5.41) is 0. The van der Waals surface area contributed by atoms with Crippen LogP contribution in [0.1, 0.15) is 19.8 Å². The molecule has 1 nitrogen and oxygen atoms in total. The topological polar surface area (TPSA) is 9.23 Å². The second kappa shape index (κ2) is 1.97. The first kappa shape index (κ1) is 6.66. The van der Waals surface area contributed by atoms with E-state index in [9.17, 15) is 0 Å². The first-order valence-corrected chi connectivity index (χ1v) is 4.08. The quantitative estimate of drug-likeness (QED) is 0.567. The summed E-state index contributed by atoms with van der Waals surface area (Å²) in [5.74, 6) is 1.99. The van der Waals surface area contributed by atoms with Crippen molar-refractivity contribution >= 4 is 0 Å². The fourth-order valence-electron chi connectivity index (χ4n) is 2.33. The summed E-state index contributed by atoms with van der Waals surface area (Å²) in [6.45, 7) is 3.22. The van der Waals surface area contributed by atoms with E-state index in [1.165, 1.54) is 12.8 Å². The van der Waals surface area contributed by atoms with Crippen LogP contribution in [-0.2, 0) is 4.74 Å². The zero-order valence-electron chi connectivity index (χ0n) is 6.76. The fraction of sp³-hybridized carbons (Fsp3) is 0.889. The van der Waals surface area contributed by atoms with Crippen LogP contribution in [-0.4, -0.2) is 13.7 Å². The maximum Gasteiger partial charge on any atom is 0.0518 e. The first-order chi connectivity index (χ1) is 4.73. The molecule has 0 saturated heterocycles. The minimum Gasteiger partial charge on any atom is -0.384 e. The third-order valence-electron chi connectivity index (χ3n) is 2.80. The van der Waals surface area contributed by atoms with Crippen molar-refractivity contribution in [3.63, 3.8) is 0 Å². The maximum atomic E-state index is 5.17. The van der Waals surface area contributed by atoms with E-state index in [4.69, 9.17) is 4.74 Å². The van der Waals surface area contributed by atoms with Crippen LogP contribution < -0.4 is 0 Å². The summed E-state index contributed by atoms with van der Waals surface area (Å²) in [4.78, 5) is 0. The highest BCUT2D eigenvalue weighted by Crippen LogP contribution is 2.58. The predicted octanol–water partition coefficient (Wildman–Crippen LogP) is 1.88. The molecule has 3 atom stereocenters. The van der Waals surface area contributed by atoms with Crippen molar-refractivity contribution in [2.45, 2.75) is 19.8 Å². The summed E-state index contributed by atoms with van der Waals surface area (Å²) in [5.41, 5.74) is 0.419. The maximum absolute atomic E-state index is 5.17. The average molecular weight is 139 g/mol. The fourth-order valence-corrected chi connectivity index (χ4v) is 2.33. The van der Waals surface area contributed by atoms with Gasteiger partial charge in [-0.25, -0.2) is 0 Å². The Labute approximate surface area is 62.8 Å². The van der Waals surface area contributed by atoms with Gasteiger partial charge in [-0.3, -0.25) is 0 Å². The van der Waals surface area contributed by atoms with E-state index in [2.05, 4.69) is 13.3 Å². The molecular formula is C9H15O. The third-order valence-corrected chi connectivity index (χ3v) is 2.80. The standard InChI is InChI=1S/C9H15O/c1-9(6-10-2)4-7-3-8(7)5-9/h4,7-8H,3,5-6H2,1-2H3. The molecule has 0 bridgehead atoms. The monoisotopic (exact) mass is 139 g/mol. The lowest BCUT2D eigenvalue weighted by Crippen LogP contribution is -2.20. The van der Waals surface area contributed by atoms with E-state index in [1.807, 2.05) is 0 Å². The molecule has 0 amide bonds. The Hall–Kier alpha value is -0.0400. The molecule has 0 aromatic carbocycles. The van der Waals surface area contributed by atoms with E-state index in [0.29, 0.717) is 5.41 Å². The SMILES string of the molecule is COCC1(C)[CH]C2CC2C1. The van der Waals surface area contributed by atoms with Crippen molar-refractivity contribution in [3.8, 4) is 0 Å². The van der Waals surface area contributed by atoms with Crippen molar-refractivity contribution in [3.05, 3.63) is 6.42 Å². The lowest BCUT2D eigenvalue weighted by atomic mass is 9.86. The number of hydrogen-bond donors (Lipinski definition) is 0. The van der Waals surface area contributed by atoms with Gasteiger partial charge < -0.3 is 4.74 Å². The second-order valence-electron chi connectivity index (χ2n) is 4.12. The molecule has 1 heteroatoms. The summed E-state index contributed by atoms with van der Waals surface area (Å²) >= 11 is 0. The lowest BCUT2D eigenvalue weighted by Gasteiger charge is -2.23. The Balaban J connectivity index is 1.92. The molecule has 0 aromatic heterocycles. The third kappa shape index (κ3) is 0.968. The van der Waals surface area contributed by atoms with Crippen LogP contribution in [0.15, 0.2) is 0 Å². The average Bonchev–Trinajstić information content (AvgIpc) is 2.41. The number of methoxy groups -OCH3 is 1. The van der Waals surface area contributed by atoms with Crippen LogP contribution in [0.4, 0.5) is 0 Å². The molecule has 0 N–H and O–H groups in total. The number of hydrogen-bond acceptors (Lipinski definition) is 1. The summed E-state index contributed by atoms with van der Waals surface area (Å²) in [6.07, 6.45) is 5.33. The molecule has 1 radical (unpaired) electrons. The van der Waals surface area contributed by atoms with Crippen molar-refractivity contribution in [2.75, 3.05) is 13.7 Å². The zero-order valence-corrected chi connectivity index (χ0v) is 6.76. The summed E-state index contributed by atoms with van der Waals surface area (Å²) in [7, 11) is 1.79. The van der Waals surface area contributed by atoms with Crippen LogP contribution in [0, 0.1) is 23.7 Å². The highest BCUT2D eigenvalue weighted by molar-refractivity contribution is 5.12. The van der Waals surface area contributed by atoms with Gasteiger partial charge in [-0.1, -0.05) is 6.92 Å². The van der Waals surface area contributed by atoms with Gasteiger partial charge in [-0.05, 0) is 36.5 Å². The van der Waals surface area contributed by atoms with Gasteiger partial charge in [0, 0.05) is 7.11 Å². The van der Waals surface area contributed by atoms with Crippen molar-refractivity contribution in [1.29, 1.82) is 0 Å². The Morgan fingerprint density at radius 3 is 3.00 bits per heavy atom. The lowest BCUT2D eigenvalue weighted by molar-refractivity contribution is 0.111. The van der Waals surface area contributed by atoms with Crippen molar-refractivity contribution in [1.82, 2.24) is 0 Å². The molecule has 0 heterocycles. The molecule has 2 aliphatic carbocycles. The second-order valence-corrected chi connectivity index (χ2v) is 4.12. The van der Waals surface area contributed by atoms with E-state index >= 15 is 0 Å². The highest BCUT2D eigenvalue weighted by Gasteiger charge is 2.51. The molecular weight excluding hydrogens is 124 g/mol. The zero-order chi connectivity index (χ0) is 7.19. The first-order valence-electron chi connectivity index (χ1n) is 4.08. The minimum atomic E-state index is 0.419. The number of fused-ring (bicyclic) bond motifs is 1. The molecule has 57 valence electrons. The van der Waals surface area contributed by atoms with Crippen LogP contribution in [0.2, 0.25) is 0 Å². The van der Waals surface area contributed by atoms with Gasteiger partial charge in [-0.15, -0.1) is 0 Å². The molecule has 2 aliphatic rings. The van der Waals surface area contributed by atoms with Crippen LogP contribution >= 0.6 is 0 Å². The van der Waals surface area contributed by atoms with E-state index in [0.717, 1.165) is 18.4 Å². The van der Waals surface area contributed by atoms with Crippen LogP contribution in [0.25, 0.3) is 0 Å². The van der Waals surface area contributed by atoms with Gasteiger partial charge in [0.05, 0.1) is 6.61 Å². The molecule has 2 fully saturated rings. The van der Waals surface area contributed by atoms with Gasteiger partial charge in [-0.2, -0.15) is 0 Å². The summed E-state index contributed by atoms with van der Waals surface area (Å²) < 4.78 is 5.17. The van der Waals surface area contributed by atoms with E-state index in [-0.39, 0.29) is 0 Å². The van der Waals surface area contributed by atoms with Gasteiger partial charge >= 0.3 is 0 Å². The van der Waals surface area contributed by atoms with E-state index in [1.54, 1.807) is 7.11 Å². The van der Waals surface area contributed by atoms with Gasteiger partial charge in [0.1, 0.15) is 0 Å². The van der Waals surface area contributed by atoms with Crippen LogP contribution in [0.5, 0.6) is 0 Å². The Bertz CT molecular complexity index is 132. The Morgan fingerprint density at radius 2 is 2.50 bits per heavy atom. The van der Waals surface area contributed by atoms with Gasteiger partial charge in [0.25, 0.3) is 0 Å². The highest BCUT2D eigenvalue weighted by atomic mass is 16.5. The van der Waals surface area contributed by atoms with Crippen molar-refractivity contribution in [2.24, 2.45) is 17.3 Å². The van der Waals surface area contributed by atoms with Gasteiger partial charge in [0.2, 0.25) is 0 Å². The molecule has 2 saturated carbocycles. The predicted molar refractivity (Wildman–Crippen MR) is 40.5 cm³/mol. The number of ether oxygens (including phenoxy) is 1. The molecule has 0 aliphatic heterocycles.